The maximum atomic E-state index is 9.96. The van der Waals surface area contributed by atoms with Crippen molar-refractivity contribution < 1.29 is 5.11 Å². The first-order valence-corrected chi connectivity index (χ1v) is 10.6. The van der Waals surface area contributed by atoms with Gasteiger partial charge in [0.1, 0.15) is 4.32 Å². The SMILES string of the molecule is O[C@@H]1CCCN(C(=S)Sc2c(-c3ccc(Br)cc3)[nH]c3ccccc23)C1. The van der Waals surface area contributed by atoms with E-state index < -0.39 is 0 Å². The van der Waals surface area contributed by atoms with Crippen LogP contribution in [0.25, 0.3) is 22.2 Å². The van der Waals surface area contributed by atoms with Crippen LogP contribution in [0.1, 0.15) is 12.8 Å². The molecular weight excluding hydrogens is 428 g/mol. The molecule has 2 heterocycles. The average molecular weight is 447 g/mol. The second-order valence-electron chi connectivity index (χ2n) is 6.49. The van der Waals surface area contributed by atoms with Crippen molar-refractivity contribution in [1.29, 1.82) is 0 Å². The fourth-order valence-corrected chi connectivity index (χ4v) is 5.02. The van der Waals surface area contributed by atoms with Gasteiger partial charge in [-0.25, -0.2) is 0 Å². The molecule has 1 saturated heterocycles. The van der Waals surface area contributed by atoms with Gasteiger partial charge in [-0.2, -0.15) is 0 Å². The summed E-state index contributed by atoms with van der Waals surface area (Å²) in [6, 6.07) is 16.6. The van der Waals surface area contributed by atoms with Gasteiger partial charge < -0.3 is 15.0 Å². The highest BCUT2D eigenvalue weighted by Crippen LogP contribution is 2.39. The van der Waals surface area contributed by atoms with E-state index in [9.17, 15) is 5.11 Å². The van der Waals surface area contributed by atoms with E-state index in [1.165, 1.54) is 5.39 Å². The normalized spacial score (nSPS) is 17.6. The zero-order chi connectivity index (χ0) is 18.1. The molecule has 0 bridgehead atoms. The van der Waals surface area contributed by atoms with Gasteiger partial charge in [-0.1, -0.05) is 70.2 Å². The van der Waals surface area contributed by atoms with E-state index in [1.807, 2.05) is 6.07 Å². The van der Waals surface area contributed by atoms with Crippen LogP contribution in [0, 0.1) is 0 Å². The number of benzene rings is 2. The molecule has 1 aliphatic rings. The first-order chi connectivity index (χ1) is 12.6. The lowest BCUT2D eigenvalue weighted by atomic mass is 10.1. The molecule has 2 N–H and O–H groups in total. The van der Waals surface area contributed by atoms with Gasteiger partial charge >= 0.3 is 0 Å². The fourth-order valence-electron chi connectivity index (χ4n) is 3.31. The number of fused-ring (bicyclic) bond motifs is 1. The number of halogens is 1. The minimum atomic E-state index is -0.281. The fraction of sp³-hybridized carbons (Fsp3) is 0.250. The summed E-state index contributed by atoms with van der Waals surface area (Å²) in [5.41, 5.74) is 3.33. The number of thiocarbonyl (C=S) groups is 1. The summed E-state index contributed by atoms with van der Waals surface area (Å²) in [5, 5.41) is 11.1. The molecule has 0 unspecified atom stereocenters. The third kappa shape index (κ3) is 3.69. The Bertz CT molecular complexity index is 939. The Kier molecular flexibility index (Phi) is 5.36. The van der Waals surface area contributed by atoms with Gasteiger partial charge in [0.25, 0.3) is 0 Å². The molecule has 0 saturated carbocycles. The predicted octanol–water partition coefficient (Wildman–Crippen LogP) is 5.43. The Labute approximate surface area is 170 Å². The van der Waals surface area contributed by atoms with Crippen molar-refractivity contribution in [3.05, 3.63) is 53.0 Å². The van der Waals surface area contributed by atoms with Gasteiger partial charge in [-0.15, -0.1) is 0 Å². The van der Waals surface area contributed by atoms with Crippen molar-refractivity contribution in [2.75, 3.05) is 13.1 Å². The highest BCUT2D eigenvalue weighted by atomic mass is 79.9. The van der Waals surface area contributed by atoms with Crippen molar-refractivity contribution in [3.63, 3.8) is 0 Å². The van der Waals surface area contributed by atoms with Crippen LogP contribution in [-0.2, 0) is 0 Å². The Morgan fingerprint density at radius 1 is 1.19 bits per heavy atom. The van der Waals surface area contributed by atoms with E-state index in [2.05, 4.69) is 68.3 Å². The largest absolute Gasteiger partial charge is 0.391 e. The number of H-pyrrole nitrogens is 1. The monoisotopic (exact) mass is 446 g/mol. The number of aromatic nitrogens is 1. The minimum Gasteiger partial charge on any atom is -0.391 e. The molecule has 0 amide bonds. The molecule has 0 spiro atoms. The number of para-hydroxylation sites is 1. The van der Waals surface area contributed by atoms with E-state index in [-0.39, 0.29) is 6.10 Å². The van der Waals surface area contributed by atoms with Crippen LogP contribution in [0.2, 0.25) is 0 Å². The number of aliphatic hydroxyl groups is 1. The first-order valence-electron chi connectivity index (χ1n) is 8.63. The number of aliphatic hydroxyl groups excluding tert-OH is 1. The van der Waals surface area contributed by atoms with Gasteiger partial charge in [0.05, 0.1) is 11.8 Å². The zero-order valence-electron chi connectivity index (χ0n) is 14.1. The standard InChI is InChI=1S/C20H19BrN2OS2/c21-14-9-7-13(8-10-14)18-19(16-5-1-2-6-17(16)22-18)26-20(25)23-11-3-4-15(24)12-23/h1-2,5-10,15,22,24H,3-4,11-12H2/t15-/m1/s1. The lowest BCUT2D eigenvalue weighted by molar-refractivity contribution is 0.105. The Hall–Kier alpha value is -1.34. The highest BCUT2D eigenvalue weighted by Gasteiger charge is 2.23. The maximum absolute atomic E-state index is 9.96. The average Bonchev–Trinajstić information content (AvgIpc) is 3.01. The van der Waals surface area contributed by atoms with Crippen LogP contribution >= 0.6 is 39.9 Å². The van der Waals surface area contributed by atoms with Crippen LogP contribution in [0.5, 0.6) is 0 Å². The number of thioether (sulfide) groups is 1. The van der Waals surface area contributed by atoms with Gasteiger partial charge in [-0.05, 0) is 36.6 Å². The van der Waals surface area contributed by atoms with Crippen molar-refractivity contribution in [3.8, 4) is 11.3 Å². The quantitative estimate of drug-likeness (QED) is 0.406. The van der Waals surface area contributed by atoms with Crippen LogP contribution in [0.4, 0.5) is 0 Å². The molecule has 134 valence electrons. The molecule has 1 atom stereocenters. The lowest BCUT2D eigenvalue weighted by Gasteiger charge is -2.31. The molecule has 26 heavy (non-hydrogen) atoms. The molecule has 0 aliphatic carbocycles. The highest BCUT2D eigenvalue weighted by molar-refractivity contribution is 9.10. The van der Waals surface area contributed by atoms with Crippen molar-refractivity contribution in [2.45, 2.75) is 23.8 Å². The van der Waals surface area contributed by atoms with E-state index in [0.717, 1.165) is 49.8 Å². The summed E-state index contributed by atoms with van der Waals surface area (Å²) in [7, 11) is 0. The topological polar surface area (TPSA) is 39.3 Å². The zero-order valence-corrected chi connectivity index (χ0v) is 17.3. The van der Waals surface area contributed by atoms with Gasteiger partial charge in [0.15, 0.2) is 0 Å². The number of likely N-dealkylation sites (tertiary alicyclic amines) is 1. The second kappa shape index (κ2) is 7.72. The minimum absolute atomic E-state index is 0.281. The number of hydrogen-bond acceptors (Lipinski definition) is 3. The molecule has 1 aliphatic heterocycles. The molecule has 1 fully saturated rings. The van der Waals surface area contributed by atoms with Crippen LogP contribution in [0.3, 0.4) is 0 Å². The summed E-state index contributed by atoms with van der Waals surface area (Å²) in [4.78, 5) is 6.83. The molecule has 2 aromatic carbocycles. The summed E-state index contributed by atoms with van der Waals surface area (Å²) in [6.07, 6.45) is 1.56. The van der Waals surface area contributed by atoms with Gasteiger partial charge in [0, 0.05) is 33.4 Å². The summed E-state index contributed by atoms with van der Waals surface area (Å²) in [6.45, 7) is 1.54. The molecule has 4 rings (SSSR count). The Morgan fingerprint density at radius 3 is 2.73 bits per heavy atom. The summed E-state index contributed by atoms with van der Waals surface area (Å²) >= 11 is 10.8. The number of nitrogens with zero attached hydrogens (tertiary/aromatic N) is 1. The van der Waals surface area contributed by atoms with Crippen LogP contribution in [-0.4, -0.2) is 38.5 Å². The smallest absolute Gasteiger partial charge is 0.141 e. The third-order valence-corrected chi connectivity index (χ3v) is 6.73. The third-order valence-electron chi connectivity index (χ3n) is 4.64. The molecule has 3 aromatic rings. The van der Waals surface area contributed by atoms with E-state index in [1.54, 1.807) is 11.8 Å². The van der Waals surface area contributed by atoms with Crippen molar-refractivity contribution in [1.82, 2.24) is 9.88 Å². The number of piperidine rings is 1. The van der Waals surface area contributed by atoms with Gasteiger partial charge in [-0.3, -0.25) is 0 Å². The summed E-state index contributed by atoms with van der Waals surface area (Å²) in [5.74, 6) is 0. The number of β-amino-alcohol motifs (C(OH)–C–C–N with tert-alkyl or cyclic N) is 1. The number of hydrogen-bond donors (Lipinski definition) is 2. The first kappa shape index (κ1) is 18.0. The Morgan fingerprint density at radius 2 is 1.96 bits per heavy atom. The second-order valence-corrected chi connectivity index (χ2v) is 9.05. The number of nitrogens with one attached hydrogen (secondary N) is 1. The van der Waals surface area contributed by atoms with Crippen molar-refractivity contribution in [2.24, 2.45) is 0 Å². The molecule has 0 radical (unpaired) electrons. The molecule has 1 aromatic heterocycles. The molecular formula is C20H19BrN2OS2. The Balaban J connectivity index is 1.72. The van der Waals surface area contributed by atoms with E-state index in [0.29, 0.717) is 6.54 Å². The predicted molar refractivity (Wildman–Crippen MR) is 117 cm³/mol. The molecule has 6 heteroatoms. The van der Waals surface area contributed by atoms with Crippen molar-refractivity contribution >= 4 is 55.1 Å². The van der Waals surface area contributed by atoms with Crippen LogP contribution in [0.15, 0.2) is 57.9 Å². The van der Waals surface area contributed by atoms with Crippen LogP contribution < -0.4 is 0 Å². The van der Waals surface area contributed by atoms with Gasteiger partial charge in [0.2, 0.25) is 0 Å². The van der Waals surface area contributed by atoms with E-state index in [4.69, 9.17) is 12.2 Å². The molecule has 3 nitrogen and oxygen atoms in total. The maximum Gasteiger partial charge on any atom is 0.141 e. The number of aromatic amines is 1. The van der Waals surface area contributed by atoms with E-state index >= 15 is 0 Å². The lowest BCUT2D eigenvalue weighted by Crippen LogP contribution is -2.40. The summed E-state index contributed by atoms with van der Waals surface area (Å²) < 4.78 is 1.89. The number of rotatable bonds is 2.